The number of pyridine rings is 2. The number of ether oxygens (including phenoxy) is 2. The minimum Gasteiger partial charge on any atom is -0.481 e. The Morgan fingerprint density at radius 3 is 1.70 bits per heavy atom. The minimum absolute atomic E-state index is 0.360. The van der Waals surface area contributed by atoms with E-state index in [1.807, 2.05) is 56.7 Å². The van der Waals surface area contributed by atoms with Crippen LogP contribution in [-0.4, -0.2) is 73.5 Å². The van der Waals surface area contributed by atoms with Crippen molar-refractivity contribution in [3.63, 3.8) is 0 Å². The summed E-state index contributed by atoms with van der Waals surface area (Å²) in [6.07, 6.45) is 14.6. The molecule has 0 radical (unpaired) electrons. The molecule has 66 heavy (non-hydrogen) atoms. The molecule has 1 atom stereocenters. The quantitative estimate of drug-likeness (QED) is 0.126. The van der Waals surface area contributed by atoms with Gasteiger partial charge in [0.1, 0.15) is 6.04 Å². The highest BCUT2D eigenvalue weighted by atomic mass is 16.5. The van der Waals surface area contributed by atoms with Crippen molar-refractivity contribution in [3.05, 3.63) is 164 Å². The second kappa shape index (κ2) is 17.8. The first-order valence-corrected chi connectivity index (χ1v) is 21.1. The highest BCUT2D eigenvalue weighted by Gasteiger charge is 2.22. The molecule has 0 aliphatic rings. The molecule has 0 saturated carbocycles. The van der Waals surface area contributed by atoms with Gasteiger partial charge in [0.05, 0.1) is 36.3 Å². The smallest absolute Gasteiger partial charge is 0.212 e. The molecule has 16 heteroatoms. The third kappa shape index (κ3) is 8.25. The van der Waals surface area contributed by atoms with E-state index in [-0.39, 0.29) is 6.04 Å². The van der Waals surface area contributed by atoms with E-state index in [2.05, 4.69) is 145 Å². The SMILES string of the molecule is COc1ccc(C(Nc2cc(-c3ccc4ccn(C)c4c3)c3nccnc3c2)c2nnnn2C)cn1.COc1ccc(CNc2cc(-c3ccc4ccn(C)c4c3)c3nccnc3c2)cn1. The number of benzene rings is 4. The van der Waals surface area contributed by atoms with Crippen LogP contribution in [0.2, 0.25) is 0 Å². The molecular formula is C50H44N14O2. The van der Waals surface area contributed by atoms with Crippen molar-refractivity contribution in [1.82, 2.24) is 59.2 Å². The van der Waals surface area contributed by atoms with Crippen LogP contribution in [0.25, 0.3) is 66.1 Å². The number of nitrogens with zero attached hydrogens (tertiary/aromatic N) is 12. The molecule has 11 aromatic rings. The molecule has 0 aliphatic heterocycles. The van der Waals surface area contributed by atoms with Crippen LogP contribution in [0, 0.1) is 0 Å². The Bertz CT molecular complexity index is 3490. The summed E-state index contributed by atoms with van der Waals surface area (Å²) in [5.41, 5.74) is 13.7. The summed E-state index contributed by atoms with van der Waals surface area (Å²) >= 11 is 0. The number of hydrogen-bond acceptors (Lipinski definition) is 13. The molecule has 4 aromatic carbocycles. The number of rotatable bonds is 11. The molecule has 0 amide bonds. The number of nitrogens with one attached hydrogen (secondary N) is 2. The zero-order chi connectivity index (χ0) is 45.1. The molecule has 1 unspecified atom stereocenters. The summed E-state index contributed by atoms with van der Waals surface area (Å²) in [7, 11) is 9.13. The summed E-state index contributed by atoms with van der Waals surface area (Å²) in [6.45, 7) is 0.652. The zero-order valence-electron chi connectivity index (χ0n) is 36.8. The summed E-state index contributed by atoms with van der Waals surface area (Å²) in [5, 5.41) is 21.6. The van der Waals surface area contributed by atoms with Gasteiger partial charge in [-0.05, 0) is 92.5 Å². The van der Waals surface area contributed by atoms with E-state index in [0.29, 0.717) is 24.1 Å². The lowest BCUT2D eigenvalue weighted by atomic mass is 10.0. The monoisotopic (exact) mass is 872 g/mol. The topological polar surface area (TPSA) is 173 Å². The first kappa shape index (κ1) is 41.2. The number of tetrazole rings is 1. The number of aryl methyl sites for hydroxylation is 3. The van der Waals surface area contributed by atoms with Crippen molar-refractivity contribution in [2.24, 2.45) is 21.1 Å². The predicted octanol–water partition coefficient (Wildman–Crippen LogP) is 8.72. The van der Waals surface area contributed by atoms with E-state index in [0.717, 1.165) is 72.3 Å². The van der Waals surface area contributed by atoms with Crippen molar-refractivity contribution in [1.29, 1.82) is 0 Å². The van der Waals surface area contributed by atoms with E-state index in [4.69, 9.17) is 9.47 Å². The molecule has 0 bridgehead atoms. The van der Waals surface area contributed by atoms with Gasteiger partial charge >= 0.3 is 0 Å². The second-order valence-corrected chi connectivity index (χ2v) is 15.7. The summed E-state index contributed by atoms with van der Waals surface area (Å²) in [5.74, 6) is 1.79. The average Bonchev–Trinajstić information content (AvgIpc) is 4.09. The van der Waals surface area contributed by atoms with Gasteiger partial charge < -0.3 is 29.2 Å². The van der Waals surface area contributed by atoms with E-state index in [1.54, 1.807) is 49.9 Å². The van der Waals surface area contributed by atoms with Crippen molar-refractivity contribution < 1.29 is 9.47 Å². The van der Waals surface area contributed by atoms with Crippen molar-refractivity contribution in [2.75, 3.05) is 24.9 Å². The van der Waals surface area contributed by atoms with Crippen LogP contribution in [0.5, 0.6) is 11.8 Å². The molecule has 7 aromatic heterocycles. The number of methoxy groups -OCH3 is 2. The fourth-order valence-electron chi connectivity index (χ4n) is 8.10. The lowest BCUT2D eigenvalue weighted by molar-refractivity contribution is 0.397. The third-order valence-electron chi connectivity index (χ3n) is 11.6. The largest absolute Gasteiger partial charge is 0.481 e. The summed E-state index contributed by atoms with van der Waals surface area (Å²) in [4.78, 5) is 27.0. The Labute approximate surface area is 379 Å². The van der Waals surface area contributed by atoms with Gasteiger partial charge in [-0.1, -0.05) is 30.3 Å². The Morgan fingerprint density at radius 1 is 0.576 bits per heavy atom. The molecule has 0 fully saturated rings. The van der Waals surface area contributed by atoms with E-state index in [1.165, 1.54) is 16.3 Å². The maximum Gasteiger partial charge on any atom is 0.212 e. The van der Waals surface area contributed by atoms with Crippen LogP contribution < -0.4 is 20.1 Å². The average molecular weight is 873 g/mol. The van der Waals surface area contributed by atoms with Crippen LogP contribution >= 0.6 is 0 Å². The predicted molar refractivity (Wildman–Crippen MR) is 256 cm³/mol. The van der Waals surface area contributed by atoms with Gasteiger partial charge in [0.15, 0.2) is 5.82 Å². The highest BCUT2D eigenvalue weighted by Crippen LogP contribution is 2.35. The molecule has 2 N–H and O–H groups in total. The van der Waals surface area contributed by atoms with Gasteiger partial charge in [0, 0.05) is 128 Å². The maximum atomic E-state index is 5.23. The second-order valence-electron chi connectivity index (χ2n) is 15.7. The molecule has 0 spiro atoms. The molecular weight excluding hydrogens is 829 g/mol. The van der Waals surface area contributed by atoms with E-state index < -0.39 is 0 Å². The highest BCUT2D eigenvalue weighted by molar-refractivity contribution is 5.98. The first-order valence-electron chi connectivity index (χ1n) is 21.1. The van der Waals surface area contributed by atoms with E-state index >= 15 is 0 Å². The third-order valence-corrected chi connectivity index (χ3v) is 11.6. The summed E-state index contributed by atoms with van der Waals surface area (Å²) < 4.78 is 16.3. The van der Waals surface area contributed by atoms with Gasteiger partial charge in [-0.25, -0.2) is 14.6 Å². The Kier molecular flexibility index (Phi) is 11.1. The lowest BCUT2D eigenvalue weighted by Gasteiger charge is -2.20. The fourth-order valence-corrected chi connectivity index (χ4v) is 8.10. The molecule has 16 nitrogen and oxygen atoms in total. The molecule has 7 heterocycles. The van der Waals surface area contributed by atoms with Gasteiger partial charge in [0.25, 0.3) is 0 Å². The molecule has 11 rings (SSSR count). The maximum absolute atomic E-state index is 5.23. The lowest BCUT2D eigenvalue weighted by Crippen LogP contribution is -2.17. The zero-order valence-corrected chi connectivity index (χ0v) is 36.8. The first-order chi connectivity index (χ1) is 32.3. The van der Waals surface area contributed by atoms with Gasteiger partial charge in [0.2, 0.25) is 11.8 Å². The normalized spacial score (nSPS) is 11.7. The number of fused-ring (bicyclic) bond motifs is 4. The summed E-state index contributed by atoms with van der Waals surface area (Å²) in [6, 6.07) is 32.7. The fraction of sp³-hybridized carbons (Fsp3) is 0.140. The molecule has 0 aliphatic carbocycles. The van der Waals surface area contributed by atoms with Crippen molar-refractivity contribution >= 4 is 55.2 Å². The van der Waals surface area contributed by atoms with Crippen LogP contribution in [0.4, 0.5) is 11.4 Å². The van der Waals surface area contributed by atoms with Crippen molar-refractivity contribution in [2.45, 2.75) is 12.6 Å². The van der Waals surface area contributed by atoms with Gasteiger partial charge in [-0.2, -0.15) is 0 Å². The van der Waals surface area contributed by atoms with Crippen molar-refractivity contribution in [3.8, 4) is 34.0 Å². The molecule has 326 valence electrons. The number of hydrogen-bond donors (Lipinski definition) is 2. The van der Waals surface area contributed by atoms with E-state index in [9.17, 15) is 0 Å². The van der Waals surface area contributed by atoms with Gasteiger partial charge in [-0.3, -0.25) is 19.9 Å². The van der Waals surface area contributed by atoms with Crippen LogP contribution in [0.1, 0.15) is 23.0 Å². The number of anilines is 2. The Morgan fingerprint density at radius 2 is 1.15 bits per heavy atom. The minimum atomic E-state index is -0.360. The van der Waals surface area contributed by atoms with Gasteiger partial charge in [-0.15, -0.1) is 5.10 Å². The van der Waals surface area contributed by atoms with Crippen LogP contribution in [0.3, 0.4) is 0 Å². The molecule has 0 saturated heterocycles. The Hall–Kier alpha value is -8.79. The van der Waals surface area contributed by atoms with Crippen LogP contribution in [0.15, 0.2) is 147 Å². The number of aromatic nitrogens is 12. The Balaban J connectivity index is 0.000000158. The standard InChI is InChI=1S/C26H23N9O.C24H21N5O/c1-34-11-8-16-4-5-17(12-22(16)34)20-13-19(14-21-25(20)28-10-9-27-21)30-24(26-31-32-33-35(26)2)18-6-7-23(36-3)29-15-18;1-29-10-7-17-4-5-18(11-22(17)29)20-12-19(13-21-24(20)26-9-8-25-21)27-14-16-3-6-23(30-2)28-15-16/h4-15,24,30H,1-3H3;3-13,15,27H,14H2,1-2H3. The van der Waals surface area contributed by atoms with Crippen LogP contribution in [-0.2, 0) is 27.7 Å².